The number of carbonyl (C=O) groups is 2. The van der Waals surface area contributed by atoms with Crippen LogP contribution in [0, 0.1) is 5.82 Å². The van der Waals surface area contributed by atoms with E-state index in [4.69, 9.17) is 4.74 Å². The molecule has 0 unspecified atom stereocenters. The molecule has 0 bridgehead atoms. The third-order valence-electron chi connectivity index (χ3n) is 4.34. The van der Waals surface area contributed by atoms with E-state index < -0.39 is 50.7 Å². The zero-order chi connectivity index (χ0) is 23.7. The number of esters is 1. The van der Waals surface area contributed by atoms with Crippen LogP contribution in [0.2, 0.25) is 0 Å². The topological polar surface area (TPSA) is 139 Å². The first kappa shape index (κ1) is 23.3. The molecular formula is C19H18FN3O7S2. The lowest BCUT2D eigenvalue weighted by molar-refractivity contribution is -0.147. The van der Waals surface area contributed by atoms with Gasteiger partial charge in [0.15, 0.2) is 22.3 Å². The van der Waals surface area contributed by atoms with Crippen LogP contribution < -0.4 is 5.32 Å². The summed E-state index contributed by atoms with van der Waals surface area (Å²) in [6.45, 7) is -1.18. The van der Waals surface area contributed by atoms with Gasteiger partial charge in [0.1, 0.15) is 17.3 Å². The number of benzene rings is 2. The maximum Gasteiger partial charge on any atom is 0.326 e. The number of nitrogens with one attached hydrogen (secondary N) is 1. The van der Waals surface area contributed by atoms with Gasteiger partial charge in [-0.15, -0.1) is 4.40 Å². The number of carbonyl (C=O) groups excluding carboxylic acids is 2. The SMILES string of the molecule is CN(CC(=O)OCC(=O)Nc1cc(S(C)(=O)=O)ccc1F)C1=NS(=O)(=O)c2ccccc21. The van der Waals surface area contributed by atoms with Gasteiger partial charge in [-0.25, -0.2) is 12.8 Å². The van der Waals surface area contributed by atoms with Gasteiger partial charge in [-0.05, 0) is 30.3 Å². The molecule has 2 aromatic carbocycles. The summed E-state index contributed by atoms with van der Waals surface area (Å²) in [5.41, 5.74) is -0.0463. The molecule has 0 saturated heterocycles. The van der Waals surface area contributed by atoms with Crippen LogP contribution in [0.1, 0.15) is 5.56 Å². The zero-order valence-corrected chi connectivity index (χ0v) is 18.5. The third kappa shape index (κ3) is 5.11. The first-order valence-corrected chi connectivity index (χ1v) is 12.3. The molecule has 0 aliphatic carbocycles. The summed E-state index contributed by atoms with van der Waals surface area (Å²) in [7, 11) is -6.05. The summed E-state index contributed by atoms with van der Waals surface area (Å²) >= 11 is 0. The second kappa shape index (κ2) is 8.67. The lowest BCUT2D eigenvalue weighted by Crippen LogP contribution is -2.34. The number of rotatable bonds is 6. The van der Waals surface area contributed by atoms with Crippen molar-refractivity contribution in [1.29, 1.82) is 0 Å². The Hall–Kier alpha value is -3.32. The van der Waals surface area contributed by atoms with Crippen LogP contribution in [0.15, 0.2) is 56.7 Å². The maximum atomic E-state index is 13.9. The Kier molecular flexibility index (Phi) is 6.32. The Balaban J connectivity index is 1.60. The summed E-state index contributed by atoms with van der Waals surface area (Å²) < 4.78 is 69.7. The first-order chi connectivity index (χ1) is 14.9. The molecule has 1 aliphatic heterocycles. The van der Waals surface area contributed by atoms with Gasteiger partial charge in [-0.3, -0.25) is 9.59 Å². The van der Waals surface area contributed by atoms with Crippen molar-refractivity contribution in [3.8, 4) is 0 Å². The number of amidine groups is 1. The molecule has 170 valence electrons. The largest absolute Gasteiger partial charge is 0.454 e. The van der Waals surface area contributed by atoms with E-state index >= 15 is 0 Å². The second-order valence-corrected chi connectivity index (χ2v) is 10.5. The molecular weight excluding hydrogens is 465 g/mol. The Bertz CT molecular complexity index is 1340. The Morgan fingerprint density at radius 2 is 1.88 bits per heavy atom. The molecule has 0 saturated carbocycles. The van der Waals surface area contributed by atoms with E-state index in [2.05, 4.69) is 9.71 Å². The molecule has 0 spiro atoms. The van der Waals surface area contributed by atoms with Gasteiger partial charge < -0.3 is 15.0 Å². The number of fused-ring (bicyclic) bond motifs is 1. The van der Waals surface area contributed by atoms with Crippen molar-refractivity contribution < 1.29 is 35.6 Å². The number of hydrogen-bond acceptors (Lipinski definition) is 8. The molecule has 1 heterocycles. The van der Waals surface area contributed by atoms with Crippen molar-refractivity contribution in [1.82, 2.24) is 4.90 Å². The fourth-order valence-corrected chi connectivity index (χ4v) is 4.74. The van der Waals surface area contributed by atoms with E-state index in [1.54, 1.807) is 18.2 Å². The van der Waals surface area contributed by atoms with Gasteiger partial charge >= 0.3 is 5.97 Å². The van der Waals surface area contributed by atoms with Crippen molar-refractivity contribution in [3.63, 3.8) is 0 Å². The van der Waals surface area contributed by atoms with Gasteiger partial charge in [-0.1, -0.05) is 12.1 Å². The minimum absolute atomic E-state index is 0.0212. The predicted molar refractivity (Wildman–Crippen MR) is 112 cm³/mol. The van der Waals surface area contributed by atoms with Crippen LogP contribution >= 0.6 is 0 Å². The number of halogens is 1. The summed E-state index contributed by atoms with van der Waals surface area (Å²) in [6.07, 6.45) is 0.933. The minimum Gasteiger partial charge on any atom is -0.454 e. The van der Waals surface area contributed by atoms with Gasteiger partial charge in [0.2, 0.25) is 0 Å². The Morgan fingerprint density at radius 3 is 2.56 bits per heavy atom. The molecule has 3 rings (SSSR count). The van der Waals surface area contributed by atoms with Gasteiger partial charge in [0, 0.05) is 18.9 Å². The Morgan fingerprint density at radius 1 is 1.19 bits per heavy atom. The van der Waals surface area contributed by atoms with E-state index in [9.17, 15) is 30.8 Å². The second-order valence-electron chi connectivity index (χ2n) is 6.86. The van der Waals surface area contributed by atoms with Gasteiger partial charge in [-0.2, -0.15) is 8.42 Å². The zero-order valence-electron chi connectivity index (χ0n) is 16.9. The highest BCUT2D eigenvalue weighted by molar-refractivity contribution is 7.91. The summed E-state index contributed by atoms with van der Waals surface area (Å²) in [6, 6.07) is 9.03. The molecule has 0 aromatic heterocycles. The van der Waals surface area contributed by atoms with E-state index in [0.717, 1.165) is 24.5 Å². The molecule has 10 nitrogen and oxygen atoms in total. The predicted octanol–water partition coefficient (Wildman–Crippen LogP) is 0.792. The van der Waals surface area contributed by atoms with E-state index in [1.807, 2.05) is 0 Å². The van der Waals surface area contributed by atoms with Crippen molar-refractivity contribution in [2.24, 2.45) is 4.40 Å². The highest BCUT2D eigenvalue weighted by atomic mass is 32.2. The van der Waals surface area contributed by atoms with E-state index in [1.165, 1.54) is 18.0 Å². The number of hydrogen-bond donors (Lipinski definition) is 1. The van der Waals surface area contributed by atoms with Crippen LogP contribution in [0.5, 0.6) is 0 Å². The summed E-state index contributed by atoms with van der Waals surface area (Å²) in [5, 5.41) is 2.14. The molecule has 0 fully saturated rings. The number of amides is 1. The smallest absolute Gasteiger partial charge is 0.326 e. The van der Waals surface area contributed by atoms with Crippen LogP contribution in [-0.2, 0) is 34.2 Å². The number of likely N-dealkylation sites (N-methyl/N-ethyl adjacent to an activating group) is 1. The molecule has 32 heavy (non-hydrogen) atoms. The summed E-state index contributed by atoms with van der Waals surface area (Å²) in [4.78, 5) is 25.2. The van der Waals surface area contributed by atoms with E-state index in [0.29, 0.717) is 5.56 Å². The number of anilines is 1. The Labute approximate surface area is 183 Å². The number of ether oxygens (including phenoxy) is 1. The standard InChI is InChI=1S/C19H18FN3O7S2/c1-23(19-13-5-3-4-6-16(13)32(28,29)22-19)10-18(25)30-11-17(24)21-15-9-12(31(2,26)27)7-8-14(15)20/h3-9H,10-11H2,1-2H3,(H,21,24). The van der Waals surface area contributed by atoms with Crippen LogP contribution in [0.25, 0.3) is 0 Å². The maximum absolute atomic E-state index is 13.9. The van der Waals surface area contributed by atoms with Crippen LogP contribution in [0.4, 0.5) is 10.1 Å². The number of sulfone groups is 1. The fraction of sp³-hybridized carbons (Fsp3) is 0.211. The molecule has 0 radical (unpaired) electrons. The summed E-state index contributed by atoms with van der Waals surface area (Å²) in [5.74, 6) is -2.56. The molecule has 0 atom stereocenters. The lowest BCUT2D eigenvalue weighted by atomic mass is 10.2. The monoisotopic (exact) mass is 483 g/mol. The average Bonchev–Trinajstić information content (AvgIpc) is 2.99. The quantitative estimate of drug-likeness (QED) is 0.470. The normalized spacial score (nSPS) is 14.3. The van der Waals surface area contributed by atoms with Crippen molar-refractivity contribution >= 4 is 43.3 Å². The van der Waals surface area contributed by atoms with Crippen molar-refractivity contribution in [2.45, 2.75) is 9.79 Å². The average molecular weight is 483 g/mol. The molecule has 1 N–H and O–H groups in total. The molecule has 13 heteroatoms. The van der Waals surface area contributed by atoms with Gasteiger partial charge in [0.25, 0.3) is 15.9 Å². The molecule has 2 aromatic rings. The number of sulfonamides is 1. The molecule has 1 amide bonds. The lowest BCUT2D eigenvalue weighted by Gasteiger charge is -2.18. The fourth-order valence-electron chi connectivity index (χ4n) is 2.84. The first-order valence-electron chi connectivity index (χ1n) is 8.99. The third-order valence-corrected chi connectivity index (χ3v) is 6.78. The highest BCUT2D eigenvalue weighted by Crippen LogP contribution is 2.26. The van der Waals surface area contributed by atoms with Crippen molar-refractivity contribution in [2.75, 3.05) is 31.8 Å². The molecule has 1 aliphatic rings. The van der Waals surface area contributed by atoms with Gasteiger partial charge in [0.05, 0.1) is 10.6 Å². The van der Waals surface area contributed by atoms with Crippen molar-refractivity contribution in [3.05, 3.63) is 53.8 Å². The highest BCUT2D eigenvalue weighted by Gasteiger charge is 2.31. The number of nitrogens with zero attached hydrogens (tertiary/aromatic N) is 2. The van der Waals surface area contributed by atoms with E-state index in [-0.39, 0.29) is 21.3 Å². The van der Waals surface area contributed by atoms with Crippen LogP contribution in [0.3, 0.4) is 0 Å². The van der Waals surface area contributed by atoms with Crippen LogP contribution in [-0.4, -0.2) is 65.9 Å². The minimum atomic E-state index is -3.86.